The van der Waals surface area contributed by atoms with Gasteiger partial charge in [0.05, 0.1) is 5.52 Å². The lowest BCUT2D eigenvalue weighted by atomic mass is 10.2. The molecule has 3 aromatic rings. The van der Waals surface area contributed by atoms with Crippen molar-refractivity contribution in [1.29, 1.82) is 0 Å². The summed E-state index contributed by atoms with van der Waals surface area (Å²) in [7, 11) is 1.85. The average molecular weight is 230 g/mol. The van der Waals surface area contributed by atoms with Gasteiger partial charge in [-0.05, 0) is 24.3 Å². The van der Waals surface area contributed by atoms with Crippen molar-refractivity contribution in [2.75, 3.05) is 0 Å². The molecule has 86 valence electrons. The van der Waals surface area contributed by atoms with Crippen molar-refractivity contribution in [3.63, 3.8) is 0 Å². The van der Waals surface area contributed by atoms with Gasteiger partial charge in [-0.15, -0.1) is 0 Å². The number of benzene rings is 1. The zero-order chi connectivity index (χ0) is 12.2. The molecule has 5 heteroatoms. The number of H-pyrrole nitrogens is 1. The minimum absolute atomic E-state index is 0.149. The van der Waals surface area contributed by atoms with Crippen LogP contribution in [-0.4, -0.2) is 25.7 Å². The summed E-state index contributed by atoms with van der Waals surface area (Å²) in [5.41, 5.74) is 1.83. The molecule has 2 heterocycles. The monoisotopic (exact) mass is 230 g/mol. The molecule has 0 amide bonds. The number of aromatic hydroxyl groups is 1. The van der Waals surface area contributed by atoms with Crippen LogP contribution in [0.5, 0.6) is 5.75 Å². The third-order valence-corrected chi connectivity index (χ3v) is 2.99. The maximum atomic E-state index is 10.9. The molecule has 17 heavy (non-hydrogen) atoms. The molecule has 0 saturated carbocycles. The molecule has 0 spiro atoms. The van der Waals surface area contributed by atoms with Crippen molar-refractivity contribution in [1.82, 2.24) is 9.55 Å². The summed E-state index contributed by atoms with van der Waals surface area (Å²) in [6, 6.07) is 6.63. The fourth-order valence-corrected chi connectivity index (χ4v) is 2.18. The molecule has 2 aromatic heterocycles. The number of nitrogens with zero attached hydrogens (tertiary/aromatic N) is 1. The summed E-state index contributed by atoms with van der Waals surface area (Å²) < 4.78 is 1.87. The highest BCUT2D eigenvalue weighted by molar-refractivity contribution is 6.09. The Morgan fingerprint density at radius 3 is 2.76 bits per heavy atom. The molecule has 0 aliphatic heterocycles. The Balaban J connectivity index is 2.48. The molecule has 0 unspecified atom stereocenters. The predicted molar refractivity (Wildman–Crippen MR) is 63.4 cm³/mol. The van der Waals surface area contributed by atoms with E-state index in [-0.39, 0.29) is 11.4 Å². The summed E-state index contributed by atoms with van der Waals surface area (Å²) in [6.45, 7) is 0. The Morgan fingerprint density at radius 1 is 1.29 bits per heavy atom. The van der Waals surface area contributed by atoms with E-state index in [0.29, 0.717) is 0 Å². The van der Waals surface area contributed by atoms with Gasteiger partial charge in [0.1, 0.15) is 17.1 Å². The quantitative estimate of drug-likeness (QED) is 0.598. The third-order valence-electron chi connectivity index (χ3n) is 2.99. The van der Waals surface area contributed by atoms with Gasteiger partial charge in [0.15, 0.2) is 0 Å². The van der Waals surface area contributed by atoms with Crippen LogP contribution in [0.4, 0.5) is 0 Å². The molecule has 3 N–H and O–H groups in total. The SMILES string of the molecule is Cn1c2ccc(O)cc2c2cc(C(=O)O)[nH]c21. The number of aromatic nitrogens is 2. The van der Waals surface area contributed by atoms with Crippen molar-refractivity contribution in [3.05, 3.63) is 30.0 Å². The number of hydrogen-bond donors (Lipinski definition) is 3. The highest BCUT2D eigenvalue weighted by Gasteiger charge is 2.14. The number of hydrogen-bond acceptors (Lipinski definition) is 2. The van der Waals surface area contributed by atoms with Crippen LogP contribution >= 0.6 is 0 Å². The minimum Gasteiger partial charge on any atom is -0.508 e. The van der Waals surface area contributed by atoms with E-state index in [1.165, 1.54) is 0 Å². The molecule has 0 bridgehead atoms. The van der Waals surface area contributed by atoms with E-state index in [4.69, 9.17) is 5.11 Å². The summed E-state index contributed by atoms with van der Waals surface area (Å²) in [5.74, 6) is -0.822. The van der Waals surface area contributed by atoms with E-state index in [1.54, 1.807) is 24.3 Å². The fourth-order valence-electron chi connectivity index (χ4n) is 2.18. The van der Waals surface area contributed by atoms with Crippen LogP contribution in [0.15, 0.2) is 24.3 Å². The molecule has 3 rings (SSSR count). The number of phenols is 1. The largest absolute Gasteiger partial charge is 0.508 e. The van der Waals surface area contributed by atoms with Crippen LogP contribution in [-0.2, 0) is 7.05 Å². The second kappa shape index (κ2) is 3.04. The maximum Gasteiger partial charge on any atom is 0.352 e. The van der Waals surface area contributed by atoms with Gasteiger partial charge in [0.25, 0.3) is 0 Å². The fraction of sp³-hybridized carbons (Fsp3) is 0.0833. The molecular weight excluding hydrogens is 220 g/mol. The van der Waals surface area contributed by atoms with Gasteiger partial charge in [-0.2, -0.15) is 0 Å². The van der Waals surface area contributed by atoms with Crippen LogP contribution in [0.1, 0.15) is 10.5 Å². The predicted octanol–water partition coefficient (Wildman–Crippen LogP) is 2.06. The second-order valence-corrected chi connectivity index (χ2v) is 4.01. The third kappa shape index (κ3) is 1.22. The van der Waals surface area contributed by atoms with E-state index < -0.39 is 5.97 Å². The number of aromatic amines is 1. The van der Waals surface area contributed by atoms with E-state index in [9.17, 15) is 9.90 Å². The lowest BCUT2D eigenvalue weighted by Gasteiger charge is -1.97. The van der Waals surface area contributed by atoms with E-state index in [2.05, 4.69) is 4.98 Å². The summed E-state index contributed by atoms with van der Waals surface area (Å²) in [6.07, 6.45) is 0. The number of carboxylic acid groups (broad SMARTS) is 1. The van der Waals surface area contributed by atoms with Gasteiger partial charge in [0, 0.05) is 17.8 Å². The van der Waals surface area contributed by atoms with Gasteiger partial charge in [0.2, 0.25) is 0 Å². The van der Waals surface area contributed by atoms with Crippen LogP contribution in [0, 0.1) is 0 Å². The Kier molecular flexibility index (Phi) is 1.75. The number of rotatable bonds is 1. The Hall–Kier alpha value is -2.43. The number of aromatic carboxylic acids is 1. The molecule has 0 aliphatic rings. The van der Waals surface area contributed by atoms with Gasteiger partial charge in [-0.1, -0.05) is 0 Å². The lowest BCUT2D eigenvalue weighted by molar-refractivity contribution is 0.0691. The highest BCUT2D eigenvalue weighted by atomic mass is 16.4. The first-order valence-corrected chi connectivity index (χ1v) is 5.11. The molecule has 5 nitrogen and oxygen atoms in total. The topological polar surface area (TPSA) is 78.2 Å². The minimum atomic E-state index is -0.991. The molecular formula is C12H10N2O3. The van der Waals surface area contributed by atoms with E-state index in [0.717, 1.165) is 21.9 Å². The number of nitrogens with one attached hydrogen (secondary N) is 1. The number of phenolic OH excluding ortho intramolecular Hbond substituents is 1. The first-order chi connectivity index (χ1) is 8.08. The molecule has 0 saturated heterocycles. The zero-order valence-corrected chi connectivity index (χ0v) is 9.06. The van der Waals surface area contributed by atoms with E-state index >= 15 is 0 Å². The van der Waals surface area contributed by atoms with Crippen LogP contribution in [0.25, 0.3) is 21.9 Å². The van der Waals surface area contributed by atoms with Crippen molar-refractivity contribution in [3.8, 4) is 5.75 Å². The summed E-state index contributed by atoms with van der Waals surface area (Å²) in [5, 5.41) is 20.1. The maximum absolute atomic E-state index is 10.9. The molecule has 0 aliphatic carbocycles. The molecule has 1 aromatic carbocycles. The van der Waals surface area contributed by atoms with Gasteiger partial charge < -0.3 is 19.8 Å². The number of carboxylic acids is 1. The standard InChI is InChI=1S/C12H10N2O3/c1-14-10-3-2-6(15)4-7(10)8-5-9(12(16)17)13-11(8)14/h2-5,13,15H,1H3,(H,16,17). The number of fused-ring (bicyclic) bond motifs is 3. The van der Waals surface area contributed by atoms with Gasteiger partial charge in [-0.3, -0.25) is 0 Å². The number of aryl methyl sites for hydroxylation is 1. The summed E-state index contributed by atoms with van der Waals surface area (Å²) >= 11 is 0. The Labute approximate surface area is 95.9 Å². The van der Waals surface area contributed by atoms with Crippen LogP contribution in [0.2, 0.25) is 0 Å². The Bertz CT molecular complexity index is 752. The van der Waals surface area contributed by atoms with Crippen LogP contribution in [0.3, 0.4) is 0 Å². The van der Waals surface area contributed by atoms with Crippen molar-refractivity contribution in [2.45, 2.75) is 0 Å². The van der Waals surface area contributed by atoms with Crippen molar-refractivity contribution in [2.24, 2.45) is 7.05 Å². The first kappa shape index (κ1) is 9.77. The van der Waals surface area contributed by atoms with Crippen molar-refractivity contribution < 1.29 is 15.0 Å². The highest BCUT2D eigenvalue weighted by Crippen LogP contribution is 2.30. The lowest BCUT2D eigenvalue weighted by Crippen LogP contribution is -1.96. The molecule has 0 atom stereocenters. The Morgan fingerprint density at radius 2 is 2.06 bits per heavy atom. The van der Waals surface area contributed by atoms with Crippen LogP contribution < -0.4 is 0 Å². The van der Waals surface area contributed by atoms with Crippen molar-refractivity contribution >= 4 is 27.9 Å². The number of carbonyl (C=O) groups is 1. The van der Waals surface area contributed by atoms with E-state index in [1.807, 2.05) is 11.6 Å². The normalized spacial score (nSPS) is 11.4. The smallest absolute Gasteiger partial charge is 0.352 e. The first-order valence-electron chi connectivity index (χ1n) is 5.11. The zero-order valence-electron chi connectivity index (χ0n) is 9.06. The van der Waals surface area contributed by atoms with Gasteiger partial charge >= 0.3 is 5.97 Å². The average Bonchev–Trinajstić information content (AvgIpc) is 2.80. The van der Waals surface area contributed by atoms with Gasteiger partial charge in [-0.25, -0.2) is 4.79 Å². The molecule has 0 fully saturated rings. The summed E-state index contributed by atoms with van der Waals surface area (Å²) in [4.78, 5) is 13.7. The molecule has 0 radical (unpaired) electrons. The second-order valence-electron chi connectivity index (χ2n) is 4.01.